The summed E-state index contributed by atoms with van der Waals surface area (Å²) in [5, 5.41) is 2.71. The van der Waals surface area contributed by atoms with Gasteiger partial charge in [0, 0.05) is 18.8 Å². The van der Waals surface area contributed by atoms with Gasteiger partial charge < -0.3 is 4.90 Å². The molecule has 0 bridgehead atoms. The number of fused-ring (bicyclic) bond motifs is 1. The number of carbonyl (C=O) groups is 3. The fourth-order valence-electron chi connectivity index (χ4n) is 3.22. The first-order valence-electron chi connectivity index (χ1n) is 8.97. The van der Waals surface area contributed by atoms with Crippen LogP contribution < -0.4 is 10.2 Å². The number of hydrogen-bond donors (Lipinski definition) is 1. The van der Waals surface area contributed by atoms with E-state index in [2.05, 4.69) is 17.1 Å². The summed E-state index contributed by atoms with van der Waals surface area (Å²) in [7, 11) is 0. The van der Waals surface area contributed by atoms with E-state index < -0.39 is 17.8 Å². The molecule has 1 fully saturated rings. The highest BCUT2D eigenvalue weighted by Gasteiger charge is 2.36. The molecule has 2 heterocycles. The monoisotopic (exact) mass is 357 g/mol. The van der Waals surface area contributed by atoms with Crippen molar-refractivity contribution in [1.29, 1.82) is 0 Å². The predicted molar refractivity (Wildman–Crippen MR) is 97.3 cm³/mol. The number of hydroxylamine groups is 2. The fraction of sp³-hybridized carbons (Fsp3) is 0.421. The highest BCUT2D eigenvalue weighted by Crippen LogP contribution is 2.30. The molecule has 0 aliphatic carbocycles. The number of nitrogens with one attached hydrogen (secondary N) is 1. The lowest BCUT2D eigenvalue weighted by Crippen LogP contribution is -2.53. The Labute approximate surface area is 152 Å². The first kappa shape index (κ1) is 18.1. The minimum absolute atomic E-state index is 0.112. The van der Waals surface area contributed by atoms with E-state index in [0.717, 1.165) is 37.9 Å². The van der Waals surface area contributed by atoms with Crippen LogP contribution in [0.2, 0.25) is 0 Å². The molecule has 1 aromatic carbocycles. The summed E-state index contributed by atoms with van der Waals surface area (Å²) in [5.41, 5.74) is 3.06. The third-order valence-electron chi connectivity index (χ3n) is 4.51. The molecule has 0 unspecified atom stereocenters. The summed E-state index contributed by atoms with van der Waals surface area (Å²) >= 11 is 0. The van der Waals surface area contributed by atoms with E-state index in [1.807, 2.05) is 18.2 Å². The number of benzene rings is 1. The standard InChI is InChI=1S/C19H23N3O4/c1-3-5-9-21-10-8-14-11-13(6-7-16(14)21)12-15-17(23)20-19(25)22(18(15)24)26-4-2/h6-7,11-12H,3-5,8-10H2,1-2H3,(H,20,23,25). The molecule has 3 rings (SSSR count). The Morgan fingerprint density at radius 3 is 2.77 bits per heavy atom. The van der Waals surface area contributed by atoms with Crippen molar-refractivity contribution in [3.8, 4) is 0 Å². The minimum atomic E-state index is -0.862. The van der Waals surface area contributed by atoms with E-state index in [1.165, 1.54) is 17.3 Å². The molecule has 1 N–H and O–H groups in total. The molecule has 26 heavy (non-hydrogen) atoms. The van der Waals surface area contributed by atoms with Crippen molar-refractivity contribution in [2.45, 2.75) is 33.1 Å². The molecule has 2 aliphatic rings. The first-order valence-corrected chi connectivity index (χ1v) is 8.97. The van der Waals surface area contributed by atoms with Crippen LogP contribution in [0.1, 0.15) is 37.8 Å². The maximum absolute atomic E-state index is 12.4. The molecule has 7 heteroatoms. The highest BCUT2D eigenvalue weighted by atomic mass is 16.7. The number of urea groups is 1. The molecule has 4 amide bonds. The Balaban J connectivity index is 1.84. The van der Waals surface area contributed by atoms with Crippen LogP contribution in [0.3, 0.4) is 0 Å². The van der Waals surface area contributed by atoms with Crippen molar-refractivity contribution in [2.24, 2.45) is 0 Å². The zero-order valence-corrected chi connectivity index (χ0v) is 15.1. The van der Waals surface area contributed by atoms with Crippen molar-refractivity contribution < 1.29 is 19.2 Å². The summed E-state index contributed by atoms with van der Waals surface area (Å²) in [4.78, 5) is 43.5. The van der Waals surface area contributed by atoms with Crippen LogP contribution in [-0.2, 0) is 20.8 Å². The van der Waals surface area contributed by atoms with Crippen molar-refractivity contribution in [3.63, 3.8) is 0 Å². The number of nitrogens with zero attached hydrogens (tertiary/aromatic N) is 2. The molecular formula is C19H23N3O4. The fourth-order valence-corrected chi connectivity index (χ4v) is 3.22. The Bertz CT molecular complexity index is 772. The van der Waals surface area contributed by atoms with Crippen molar-refractivity contribution in [1.82, 2.24) is 10.4 Å². The topological polar surface area (TPSA) is 79.0 Å². The molecule has 7 nitrogen and oxygen atoms in total. The van der Waals surface area contributed by atoms with Gasteiger partial charge in [0.1, 0.15) is 5.57 Å². The van der Waals surface area contributed by atoms with Crippen molar-refractivity contribution >= 4 is 29.6 Å². The minimum Gasteiger partial charge on any atom is -0.371 e. The summed E-state index contributed by atoms with van der Waals surface area (Å²) in [6.45, 7) is 6.00. The van der Waals surface area contributed by atoms with E-state index in [4.69, 9.17) is 4.84 Å². The second-order valence-electron chi connectivity index (χ2n) is 6.31. The first-order chi connectivity index (χ1) is 12.5. The van der Waals surface area contributed by atoms with E-state index in [-0.39, 0.29) is 12.2 Å². The Morgan fingerprint density at radius 1 is 1.23 bits per heavy atom. The summed E-state index contributed by atoms with van der Waals surface area (Å²) in [6, 6.07) is 5.05. The molecule has 0 radical (unpaired) electrons. The number of amides is 4. The number of hydrogen-bond acceptors (Lipinski definition) is 5. The van der Waals surface area contributed by atoms with Crippen LogP contribution in [0.15, 0.2) is 23.8 Å². The second kappa shape index (κ2) is 7.70. The van der Waals surface area contributed by atoms with Crippen LogP contribution in [0.4, 0.5) is 10.5 Å². The molecule has 1 aromatic rings. The molecule has 1 saturated heterocycles. The average Bonchev–Trinajstić information content (AvgIpc) is 3.02. The third kappa shape index (κ3) is 3.48. The van der Waals surface area contributed by atoms with E-state index >= 15 is 0 Å². The zero-order valence-electron chi connectivity index (χ0n) is 15.1. The SMILES string of the molecule is CCCCN1CCc2cc(C=C3C(=O)NC(=O)N(OCC)C3=O)ccc21. The van der Waals surface area contributed by atoms with E-state index in [0.29, 0.717) is 5.06 Å². The lowest BCUT2D eigenvalue weighted by Gasteiger charge is -2.24. The number of imide groups is 2. The van der Waals surface area contributed by atoms with Gasteiger partial charge in [-0.1, -0.05) is 19.4 Å². The van der Waals surface area contributed by atoms with Crippen LogP contribution in [0.25, 0.3) is 6.08 Å². The number of unbranched alkanes of at least 4 members (excludes halogenated alkanes) is 1. The third-order valence-corrected chi connectivity index (χ3v) is 4.51. The van der Waals surface area contributed by atoms with Gasteiger partial charge in [-0.3, -0.25) is 19.7 Å². The van der Waals surface area contributed by atoms with Gasteiger partial charge in [-0.2, -0.15) is 0 Å². The molecule has 0 aromatic heterocycles. The van der Waals surface area contributed by atoms with E-state index in [9.17, 15) is 14.4 Å². The Kier molecular flexibility index (Phi) is 5.37. The van der Waals surface area contributed by atoms with Crippen LogP contribution in [0, 0.1) is 0 Å². The van der Waals surface area contributed by atoms with Gasteiger partial charge in [0.05, 0.1) is 6.61 Å². The van der Waals surface area contributed by atoms with E-state index in [1.54, 1.807) is 6.92 Å². The van der Waals surface area contributed by atoms with Crippen molar-refractivity contribution in [2.75, 3.05) is 24.6 Å². The van der Waals surface area contributed by atoms with Gasteiger partial charge in [0.2, 0.25) is 0 Å². The van der Waals surface area contributed by atoms with Gasteiger partial charge in [-0.25, -0.2) is 4.79 Å². The number of rotatable bonds is 6. The quantitative estimate of drug-likeness (QED) is 0.624. The molecule has 0 atom stereocenters. The maximum atomic E-state index is 12.4. The lowest BCUT2D eigenvalue weighted by atomic mass is 10.0. The molecule has 0 saturated carbocycles. The maximum Gasteiger partial charge on any atom is 0.356 e. The largest absolute Gasteiger partial charge is 0.371 e. The summed E-state index contributed by atoms with van der Waals surface area (Å²) in [5.74, 6) is -1.45. The lowest BCUT2D eigenvalue weighted by molar-refractivity contribution is -0.165. The highest BCUT2D eigenvalue weighted by molar-refractivity contribution is 6.30. The molecule has 2 aliphatic heterocycles. The van der Waals surface area contributed by atoms with Crippen LogP contribution >= 0.6 is 0 Å². The molecule has 138 valence electrons. The zero-order chi connectivity index (χ0) is 18.7. The normalized spacial score (nSPS) is 18.5. The second-order valence-corrected chi connectivity index (χ2v) is 6.31. The number of anilines is 1. The smallest absolute Gasteiger partial charge is 0.356 e. The number of barbiturate groups is 1. The summed E-state index contributed by atoms with van der Waals surface area (Å²) < 4.78 is 0. The Morgan fingerprint density at radius 2 is 2.04 bits per heavy atom. The number of carbonyl (C=O) groups excluding carboxylic acids is 3. The predicted octanol–water partition coefficient (Wildman–Crippen LogP) is 2.26. The van der Waals surface area contributed by atoms with Crippen LogP contribution in [0.5, 0.6) is 0 Å². The van der Waals surface area contributed by atoms with Gasteiger partial charge >= 0.3 is 6.03 Å². The Hall–Kier alpha value is -2.67. The van der Waals surface area contributed by atoms with Gasteiger partial charge in [0.25, 0.3) is 11.8 Å². The summed E-state index contributed by atoms with van der Waals surface area (Å²) in [6.07, 6.45) is 4.76. The van der Waals surface area contributed by atoms with Gasteiger partial charge in [0.15, 0.2) is 0 Å². The van der Waals surface area contributed by atoms with Gasteiger partial charge in [-0.15, -0.1) is 5.06 Å². The van der Waals surface area contributed by atoms with Crippen molar-refractivity contribution in [3.05, 3.63) is 34.9 Å². The molecule has 0 spiro atoms. The average molecular weight is 357 g/mol. The van der Waals surface area contributed by atoms with Crippen LogP contribution in [-0.4, -0.2) is 42.6 Å². The van der Waals surface area contributed by atoms with Gasteiger partial charge in [-0.05, 0) is 49.1 Å². The molecular weight excluding hydrogens is 334 g/mol.